The van der Waals surface area contributed by atoms with Crippen LogP contribution in [0.15, 0.2) is 42.5 Å². The zero-order chi connectivity index (χ0) is 25.5. The number of anilines is 1. The van der Waals surface area contributed by atoms with Crippen LogP contribution >= 0.6 is 0 Å². The summed E-state index contributed by atoms with van der Waals surface area (Å²) >= 11 is 0. The molecule has 10 heteroatoms. The number of urea groups is 1. The third kappa shape index (κ3) is 4.18. The maximum atomic E-state index is 13.8. The lowest BCUT2D eigenvalue weighted by Gasteiger charge is -2.57. The zero-order valence-corrected chi connectivity index (χ0v) is 19.6. The van der Waals surface area contributed by atoms with Crippen LogP contribution < -0.4 is 10.2 Å². The lowest BCUT2D eigenvalue weighted by atomic mass is 9.83. The minimum Gasteiger partial charge on any atom is -0.341 e. The number of benzene rings is 2. The Hall–Kier alpha value is -4.00. The number of halogens is 2. The molecule has 2 fully saturated rings. The topological polar surface area (TPSA) is 96.7 Å². The summed E-state index contributed by atoms with van der Waals surface area (Å²) in [4.78, 5) is 43.6. The van der Waals surface area contributed by atoms with Gasteiger partial charge in [-0.05, 0) is 36.2 Å². The SMILES string of the molecule is CNC(=O)N1CC2(C1)C(=O)N(c1ccc(C#N)c(C)c1)CC(=O)N2Cc1ccc(C(C)(F)F)cc1. The number of piperazine rings is 1. The Labute approximate surface area is 201 Å². The van der Waals surface area contributed by atoms with Gasteiger partial charge in [0.25, 0.3) is 11.8 Å². The van der Waals surface area contributed by atoms with E-state index in [1.807, 2.05) is 0 Å². The Kier molecular flexibility index (Phi) is 5.97. The Bertz CT molecular complexity index is 1230. The molecule has 2 heterocycles. The third-order valence-electron chi connectivity index (χ3n) is 6.60. The molecule has 1 N–H and O–H groups in total. The number of hydrogen-bond donors (Lipinski definition) is 1. The number of aryl methyl sites for hydroxylation is 1. The second-order valence-electron chi connectivity index (χ2n) is 9.01. The molecule has 4 rings (SSSR count). The van der Waals surface area contributed by atoms with Gasteiger partial charge in [-0.2, -0.15) is 5.26 Å². The number of carbonyl (C=O) groups excluding carboxylic acids is 3. The smallest absolute Gasteiger partial charge is 0.317 e. The summed E-state index contributed by atoms with van der Waals surface area (Å²) in [5.41, 5.74) is 0.809. The van der Waals surface area contributed by atoms with Gasteiger partial charge in [0, 0.05) is 31.8 Å². The molecule has 2 aromatic carbocycles. The van der Waals surface area contributed by atoms with Crippen molar-refractivity contribution in [1.82, 2.24) is 15.1 Å². The average molecular weight is 482 g/mol. The van der Waals surface area contributed by atoms with Gasteiger partial charge >= 0.3 is 6.03 Å². The van der Waals surface area contributed by atoms with Crippen LogP contribution in [0, 0.1) is 18.3 Å². The summed E-state index contributed by atoms with van der Waals surface area (Å²) < 4.78 is 27.2. The number of hydrogen-bond acceptors (Lipinski definition) is 4. The predicted molar refractivity (Wildman–Crippen MR) is 124 cm³/mol. The first-order valence-corrected chi connectivity index (χ1v) is 11.1. The van der Waals surface area contributed by atoms with Crippen LogP contribution in [-0.2, 0) is 22.1 Å². The number of alkyl halides is 2. The van der Waals surface area contributed by atoms with Gasteiger partial charge < -0.3 is 20.0 Å². The normalized spacial score (nSPS) is 17.3. The van der Waals surface area contributed by atoms with Gasteiger partial charge in [0.1, 0.15) is 6.54 Å². The maximum Gasteiger partial charge on any atom is 0.317 e. The summed E-state index contributed by atoms with van der Waals surface area (Å²) in [5.74, 6) is -3.65. The first-order valence-electron chi connectivity index (χ1n) is 11.1. The van der Waals surface area contributed by atoms with Gasteiger partial charge in [-0.15, -0.1) is 0 Å². The standard InChI is InChI=1S/C25H25F2N5O3/c1-16-10-20(9-6-18(16)11-28)31-13-21(33)32(12-17-4-7-19(8-5-17)24(2,26)27)25(22(31)34)14-30(15-25)23(35)29-3/h4-10H,12-15H2,1-3H3,(H,29,35). The molecule has 2 saturated heterocycles. The number of carbonyl (C=O) groups is 3. The lowest BCUT2D eigenvalue weighted by molar-refractivity contribution is -0.161. The third-order valence-corrected chi connectivity index (χ3v) is 6.60. The van der Waals surface area contributed by atoms with E-state index in [0.717, 1.165) is 6.92 Å². The predicted octanol–water partition coefficient (Wildman–Crippen LogP) is 2.75. The molecule has 0 radical (unpaired) electrons. The molecule has 1 spiro atoms. The minimum absolute atomic E-state index is 0.00806. The van der Waals surface area contributed by atoms with E-state index in [9.17, 15) is 28.4 Å². The van der Waals surface area contributed by atoms with Crippen LogP contribution in [0.1, 0.15) is 29.2 Å². The van der Waals surface area contributed by atoms with E-state index in [-0.39, 0.29) is 49.6 Å². The molecule has 2 aromatic rings. The highest BCUT2D eigenvalue weighted by Crippen LogP contribution is 2.37. The highest BCUT2D eigenvalue weighted by molar-refractivity contribution is 6.10. The fraction of sp³-hybridized carbons (Fsp3) is 0.360. The Morgan fingerprint density at radius 3 is 2.37 bits per heavy atom. The van der Waals surface area contributed by atoms with Crippen LogP contribution in [0.25, 0.3) is 0 Å². The Morgan fingerprint density at radius 2 is 1.83 bits per heavy atom. The summed E-state index contributed by atoms with van der Waals surface area (Å²) in [7, 11) is 1.48. The molecule has 4 amide bonds. The first-order chi connectivity index (χ1) is 16.5. The van der Waals surface area contributed by atoms with Crippen molar-refractivity contribution in [2.24, 2.45) is 0 Å². The number of rotatable bonds is 4. The highest BCUT2D eigenvalue weighted by Gasteiger charge is 2.60. The van der Waals surface area contributed by atoms with Gasteiger partial charge in [-0.3, -0.25) is 9.59 Å². The monoisotopic (exact) mass is 481 g/mol. The molecule has 0 saturated carbocycles. The molecular formula is C25H25F2N5O3. The number of nitrogens with zero attached hydrogens (tertiary/aromatic N) is 4. The zero-order valence-electron chi connectivity index (χ0n) is 19.6. The van der Waals surface area contributed by atoms with Crippen molar-refractivity contribution in [3.05, 3.63) is 64.7 Å². The molecule has 0 aromatic heterocycles. The van der Waals surface area contributed by atoms with Crippen LogP contribution in [0.4, 0.5) is 19.3 Å². The minimum atomic E-state index is -2.99. The molecule has 35 heavy (non-hydrogen) atoms. The van der Waals surface area contributed by atoms with Crippen molar-refractivity contribution in [1.29, 1.82) is 5.26 Å². The molecular weight excluding hydrogens is 456 g/mol. The molecule has 8 nitrogen and oxygen atoms in total. The lowest BCUT2D eigenvalue weighted by Crippen LogP contribution is -2.81. The van der Waals surface area contributed by atoms with Crippen LogP contribution in [-0.4, -0.2) is 59.9 Å². The van der Waals surface area contributed by atoms with Gasteiger partial charge in [-0.25, -0.2) is 13.6 Å². The van der Waals surface area contributed by atoms with E-state index in [4.69, 9.17) is 0 Å². The number of nitrogens with one attached hydrogen (secondary N) is 1. The molecule has 182 valence electrons. The Balaban J connectivity index is 1.66. The first kappa shape index (κ1) is 24.1. The second-order valence-corrected chi connectivity index (χ2v) is 9.01. The fourth-order valence-corrected chi connectivity index (χ4v) is 4.57. The molecule has 0 unspecified atom stereocenters. The summed E-state index contributed by atoms with van der Waals surface area (Å²) in [6.45, 7) is 2.41. The maximum absolute atomic E-state index is 13.8. The Morgan fingerprint density at radius 1 is 1.17 bits per heavy atom. The largest absolute Gasteiger partial charge is 0.341 e. The summed E-state index contributed by atoms with van der Waals surface area (Å²) in [6, 6.07) is 12.3. The van der Waals surface area contributed by atoms with Crippen molar-refractivity contribution in [2.75, 3.05) is 31.6 Å². The summed E-state index contributed by atoms with van der Waals surface area (Å²) in [5, 5.41) is 11.7. The number of nitriles is 1. The van der Waals surface area contributed by atoms with Crippen molar-refractivity contribution in [3.63, 3.8) is 0 Å². The van der Waals surface area contributed by atoms with E-state index in [1.54, 1.807) is 25.1 Å². The molecule has 0 aliphatic carbocycles. The van der Waals surface area contributed by atoms with E-state index >= 15 is 0 Å². The van der Waals surface area contributed by atoms with Crippen molar-refractivity contribution in [2.45, 2.75) is 31.9 Å². The van der Waals surface area contributed by atoms with Crippen LogP contribution in [0.2, 0.25) is 0 Å². The van der Waals surface area contributed by atoms with Gasteiger partial charge in [0.2, 0.25) is 5.91 Å². The van der Waals surface area contributed by atoms with Crippen molar-refractivity contribution >= 4 is 23.5 Å². The fourth-order valence-electron chi connectivity index (χ4n) is 4.57. The molecule has 0 atom stereocenters. The average Bonchev–Trinajstić information content (AvgIpc) is 2.79. The second kappa shape index (κ2) is 8.65. The van der Waals surface area contributed by atoms with Crippen LogP contribution in [0.3, 0.4) is 0 Å². The van der Waals surface area contributed by atoms with Gasteiger partial charge in [0.15, 0.2) is 5.54 Å². The van der Waals surface area contributed by atoms with E-state index in [2.05, 4.69) is 11.4 Å². The van der Waals surface area contributed by atoms with E-state index in [1.165, 1.54) is 46.0 Å². The summed E-state index contributed by atoms with van der Waals surface area (Å²) in [6.07, 6.45) is 0. The molecule has 2 aliphatic rings. The van der Waals surface area contributed by atoms with Crippen LogP contribution in [0.5, 0.6) is 0 Å². The van der Waals surface area contributed by atoms with E-state index in [0.29, 0.717) is 22.4 Å². The molecule has 0 bridgehead atoms. The number of likely N-dealkylation sites (tertiary alicyclic amines) is 1. The molecule has 2 aliphatic heterocycles. The number of amides is 4. The van der Waals surface area contributed by atoms with E-state index < -0.39 is 11.5 Å². The van der Waals surface area contributed by atoms with Gasteiger partial charge in [0.05, 0.1) is 24.7 Å². The van der Waals surface area contributed by atoms with Crippen molar-refractivity contribution in [3.8, 4) is 6.07 Å². The van der Waals surface area contributed by atoms with Gasteiger partial charge in [-0.1, -0.05) is 24.3 Å². The quantitative estimate of drug-likeness (QED) is 0.726. The highest BCUT2D eigenvalue weighted by atomic mass is 19.3. The van der Waals surface area contributed by atoms with Crippen molar-refractivity contribution < 1.29 is 23.2 Å².